The summed E-state index contributed by atoms with van der Waals surface area (Å²) < 4.78 is 4.60. The van der Waals surface area contributed by atoms with Crippen LogP contribution in [0.5, 0.6) is 0 Å². The van der Waals surface area contributed by atoms with Crippen LogP contribution < -0.4 is 11.2 Å². The molecule has 0 unspecified atom stereocenters. The van der Waals surface area contributed by atoms with Gasteiger partial charge in [0.25, 0.3) is 5.56 Å². The minimum Gasteiger partial charge on any atom is -0.306 e. The maximum Gasteiger partial charge on any atom is 0.332 e. The Morgan fingerprint density at radius 1 is 0.971 bits per heavy atom. The van der Waals surface area contributed by atoms with E-state index in [0.717, 1.165) is 25.9 Å². The monoisotopic (exact) mass is 497 g/mol. The first kappa shape index (κ1) is 22.9. The van der Waals surface area contributed by atoms with E-state index in [2.05, 4.69) is 11.9 Å². The molecule has 9 heteroatoms. The second-order valence-electron chi connectivity index (χ2n) is 8.90. The number of aromatic nitrogens is 4. The first-order chi connectivity index (χ1) is 16.3. The van der Waals surface area contributed by atoms with E-state index in [4.69, 9.17) is 28.2 Å². The average Bonchev–Trinajstić information content (AvgIpc) is 3.23. The molecule has 0 N–H and O–H groups in total. The van der Waals surface area contributed by atoms with E-state index in [-0.39, 0.29) is 5.69 Å². The Morgan fingerprint density at radius 2 is 1.65 bits per heavy atom. The van der Waals surface area contributed by atoms with Gasteiger partial charge in [-0.1, -0.05) is 35.3 Å². The van der Waals surface area contributed by atoms with Crippen LogP contribution in [-0.2, 0) is 13.6 Å². The minimum absolute atomic E-state index is 0.332. The third-order valence-corrected chi connectivity index (χ3v) is 7.20. The Balaban J connectivity index is 1.81. The molecule has 34 heavy (non-hydrogen) atoms. The van der Waals surface area contributed by atoms with E-state index in [1.165, 1.54) is 11.6 Å². The molecule has 0 spiro atoms. The number of halogens is 2. The predicted octanol–water partition coefficient (Wildman–Crippen LogP) is 4.20. The zero-order valence-corrected chi connectivity index (χ0v) is 20.6. The number of benzene rings is 2. The van der Waals surface area contributed by atoms with Crippen LogP contribution in [0.1, 0.15) is 12.8 Å². The lowest BCUT2D eigenvalue weighted by Crippen LogP contribution is -2.41. The van der Waals surface area contributed by atoms with Gasteiger partial charge in [-0.15, -0.1) is 0 Å². The van der Waals surface area contributed by atoms with Crippen molar-refractivity contribution in [2.24, 2.45) is 13.0 Å². The van der Waals surface area contributed by atoms with Crippen LogP contribution in [0.3, 0.4) is 0 Å². The zero-order chi connectivity index (χ0) is 24.0. The van der Waals surface area contributed by atoms with Gasteiger partial charge in [0.2, 0.25) is 0 Å². The van der Waals surface area contributed by atoms with Crippen molar-refractivity contribution in [2.75, 3.05) is 20.1 Å². The van der Waals surface area contributed by atoms with Gasteiger partial charge in [-0.3, -0.25) is 18.5 Å². The van der Waals surface area contributed by atoms with Crippen LogP contribution in [0.15, 0.2) is 58.1 Å². The summed E-state index contributed by atoms with van der Waals surface area (Å²) in [6.45, 7) is 2.48. The molecule has 3 heterocycles. The molecule has 1 fully saturated rings. The molecule has 4 aromatic rings. The smallest absolute Gasteiger partial charge is 0.306 e. The van der Waals surface area contributed by atoms with Gasteiger partial charge < -0.3 is 4.90 Å². The maximum atomic E-state index is 13.5. The van der Waals surface area contributed by atoms with Crippen LogP contribution in [-0.4, -0.2) is 43.7 Å². The van der Waals surface area contributed by atoms with Gasteiger partial charge in [0.05, 0.1) is 5.02 Å². The highest BCUT2D eigenvalue weighted by molar-refractivity contribution is 6.33. The fourth-order valence-electron chi connectivity index (χ4n) is 4.64. The van der Waals surface area contributed by atoms with Gasteiger partial charge in [0.15, 0.2) is 11.2 Å². The van der Waals surface area contributed by atoms with Gasteiger partial charge in [0.1, 0.15) is 5.82 Å². The number of hydrogen-bond donors (Lipinski definition) is 0. The maximum absolute atomic E-state index is 13.5. The molecule has 7 nitrogen and oxygen atoms in total. The summed E-state index contributed by atoms with van der Waals surface area (Å²) in [7, 11) is 3.63. The fourth-order valence-corrected chi connectivity index (χ4v) is 4.98. The molecule has 5 rings (SSSR count). The van der Waals surface area contributed by atoms with Gasteiger partial charge >= 0.3 is 5.69 Å². The van der Waals surface area contributed by atoms with Crippen LogP contribution in [0.2, 0.25) is 10.0 Å². The standard InChI is InChI=1S/C25H25Cl2N5O2/c1-29-13-11-16(12-14-29)15-31-23-21(24(33)30(2)25(31)34)32(18-9-7-17(26)8-10-18)22(28-23)19-5-3-4-6-20(19)27/h3-10,16H,11-15H2,1-2H3. The summed E-state index contributed by atoms with van der Waals surface area (Å²) in [6.07, 6.45) is 1.98. The number of nitrogens with zero attached hydrogens (tertiary/aromatic N) is 5. The van der Waals surface area contributed by atoms with Crippen molar-refractivity contribution in [3.63, 3.8) is 0 Å². The molecule has 0 radical (unpaired) electrons. The molecule has 2 aromatic heterocycles. The van der Waals surface area contributed by atoms with Crippen molar-refractivity contribution in [1.82, 2.24) is 23.6 Å². The third kappa shape index (κ3) is 3.98. The lowest BCUT2D eigenvalue weighted by molar-refractivity contribution is 0.204. The van der Waals surface area contributed by atoms with Crippen molar-refractivity contribution in [1.29, 1.82) is 0 Å². The van der Waals surface area contributed by atoms with Crippen LogP contribution >= 0.6 is 23.2 Å². The largest absolute Gasteiger partial charge is 0.332 e. The number of rotatable bonds is 4. The van der Waals surface area contributed by atoms with Gasteiger partial charge in [0, 0.05) is 29.9 Å². The number of piperidine rings is 1. The van der Waals surface area contributed by atoms with E-state index in [9.17, 15) is 9.59 Å². The van der Waals surface area contributed by atoms with Crippen molar-refractivity contribution in [2.45, 2.75) is 19.4 Å². The summed E-state index contributed by atoms with van der Waals surface area (Å²) >= 11 is 12.7. The molecular weight excluding hydrogens is 473 g/mol. The Morgan fingerprint density at radius 3 is 2.32 bits per heavy atom. The van der Waals surface area contributed by atoms with Crippen molar-refractivity contribution >= 4 is 34.4 Å². The number of likely N-dealkylation sites (tertiary alicyclic amines) is 1. The molecule has 176 valence electrons. The Kier molecular flexibility index (Phi) is 6.10. The van der Waals surface area contributed by atoms with Gasteiger partial charge in [-0.2, -0.15) is 0 Å². The summed E-state index contributed by atoms with van der Waals surface area (Å²) in [6, 6.07) is 14.5. The highest BCUT2D eigenvalue weighted by Crippen LogP contribution is 2.32. The van der Waals surface area contributed by atoms with E-state index in [1.54, 1.807) is 27.3 Å². The normalized spacial score (nSPS) is 15.3. The molecule has 0 aliphatic carbocycles. The van der Waals surface area contributed by atoms with Gasteiger partial charge in [-0.05, 0) is 75.3 Å². The number of fused-ring (bicyclic) bond motifs is 1. The first-order valence-electron chi connectivity index (χ1n) is 11.3. The lowest BCUT2D eigenvalue weighted by Gasteiger charge is -2.29. The Hall–Kier alpha value is -2.87. The quantitative estimate of drug-likeness (QED) is 0.423. The third-order valence-electron chi connectivity index (χ3n) is 6.62. The van der Waals surface area contributed by atoms with Crippen LogP contribution in [0.4, 0.5) is 0 Å². The molecular formula is C25H25Cl2N5O2. The lowest BCUT2D eigenvalue weighted by atomic mass is 9.97. The number of hydrogen-bond acceptors (Lipinski definition) is 4. The fraction of sp³-hybridized carbons (Fsp3) is 0.320. The first-order valence-corrected chi connectivity index (χ1v) is 12.0. The molecule has 0 bridgehead atoms. The summed E-state index contributed by atoms with van der Waals surface area (Å²) in [5.74, 6) is 0.835. The van der Waals surface area contributed by atoms with Crippen LogP contribution in [0.25, 0.3) is 28.2 Å². The van der Waals surface area contributed by atoms with Crippen molar-refractivity contribution in [3.8, 4) is 17.1 Å². The molecule has 1 aliphatic heterocycles. The summed E-state index contributed by atoms with van der Waals surface area (Å²) in [5.41, 5.74) is 1.34. The van der Waals surface area contributed by atoms with Gasteiger partial charge in [-0.25, -0.2) is 9.78 Å². The zero-order valence-electron chi connectivity index (χ0n) is 19.0. The SMILES string of the molecule is CN1CCC(Cn2c(=O)n(C)c(=O)c3c2nc(-c2ccccc2Cl)n3-c2ccc(Cl)cc2)CC1. The van der Waals surface area contributed by atoms with Crippen molar-refractivity contribution < 1.29 is 0 Å². The predicted molar refractivity (Wildman–Crippen MR) is 136 cm³/mol. The second kappa shape index (κ2) is 9.06. The Bertz CT molecular complexity index is 1480. The number of imidazole rings is 1. The average molecular weight is 498 g/mol. The molecule has 1 aliphatic rings. The van der Waals surface area contributed by atoms with E-state index >= 15 is 0 Å². The topological polar surface area (TPSA) is 65.1 Å². The molecule has 1 saturated heterocycles. The molecule has 0 saturated carbocycles. The minimum atomic E-state index is -0.402. The second-order valence-corrected chi connectivity index (χ2v) is 9.75. The Labute approximate surface area is 206 Å². The van der Waals surface area contributed by atoms with E-state index in [0.29, 0.717) is 50.7 Å². The van der Waals surface area contributed by atoms with E-state index < -0.39 is 5.56 Å². The van der Waals surface area contributed by atoms with Crippen molar-refractivity contribution in [3.05, 3.63) is 79.4 Å². The molecule has 2 aromatic carbocycles. The summed E-state index contributed by atoms with van der Waals surface area (Å²) in [4.78, 5) is 33.9. The van der Waals surface area contributed by atoms with Crippen LogP contribution in [0, 0.1) is 5.92 Å². The molecule has 0 atom stereocenters. The van der Waals surface area contributed by atoms with E-state index in [1.807, 2.05) is 30.3 Å². The molecule has 0 amide bonds. The highest BCUT2D eigenvalue weighted by atomic mass is 35.5. The summed E-state index contributed by atoms with van der Waals surface area (Å²) in [5, 5.41) is 1.09. The highest BCUT2D eigenvalue weighted by Gasteiger charge is 2.25.